The number of nitrogens with one attached hydrogen (secondary N) is 2. The number of hydrogen-bond donors (Lipinski definition) is 2. The lowest BCUT2D eigenvalue weighted by molar-refractivity contribution is 0.461. The predicted molar refractivity (Wildman–Crippen MR) is 126 cm³/mol. The largest absolute Gasteiger partial charge is 0.371 e. The normalized spacial score (nSPS) is 15.2. The van der Waals surface area contributed by atoms with E-state index < -0.39 is 0 Å². The zero-order valence-corrected chi connectivity index (χ0v) is 19.2. The minimum absolute atomic E-state index is 0. The van der Waals surface area contributed by atoms with Crippen LogP contribution in [-0.4, -0.2) is 52.9 Å². The molecule has 0 amide bonds. The van der Waals surface area contributed by atoms with Crippen molar-refractivity contribution in [3.05, 3.63) is 42.5 Å². The van der Waals surface area contributed by atoms with E-state index in [-0.39, 0.29) is 24.0 Å². The molecule has 0 unspecified atom stereocenters. The molecule has 1 aromatic carbocycles. The molecule has 7 nitrogen and oxygen atoms in total. The van der Waals surface area contributed by atoms with Gasteiger partial charge >= 0.3 is 0 Å². The van der Waals surface area contributed by atoms with Crippen molar-refractivity contribution in [1.29, 1.82) is 0 Å². The third-order valence-electron chi connectivity index (χ3n) is 4.92. The summed E-state index contributed by atoms with van der Waals surface area (Å²) in [6.45, 7) is 8.72. The van der Waals surface area contributed by atoms with E-state index in [4.69, 9.17) is 4.99 Å². The number of para-hydroxylation sites is 1. The van der Waals surface area contributed by atoms with Crippen LogP contribution in [0.25, 0.3) is 0 Å². The summed E-state index contributed by atoms with van der Waals surface area (Å²) < 4.78 is 2.07. The number of anilines is 1. The van der Waals surface area contributed by atoms with Crippen molar-refractivity contribution >= 4 is 35.6 Å². The Bertz CT molecular complexity index is 708. The van der Waals surface area contributed by atoms with Gasteiger partial charge in [-0.15, -0.1) is 34.2 Å². The molecule has 1 aliphatic rings. The summed E-state index contributed by atoms with van der Waals surface area (Å²) >= 11 is 0. The lowest BCUT2D eigenvalue weighted by Gasteiger charge is -2.34. The van der Waals surface area contributed by atoms with E-state index in [1.54, 1.807) is 6.33 Å². The molecule has 2 aromatic rings. The predicted octanol–water partition coefficient (Wildman–Crippen LogP) is 2.68. The SMILES string of the molecule is CCNC(=NCCn1cnnc1CC)NC1CCN(c2ccccc2)CC1.I. The van der Waals surface area contributed by atoms with Crippen LogP contribution >= 0.6 is 24.0 Å². The minimum atomic E-state index is 0. The second-order valence-corrected chi connectivity index (χ2v) is 6.80. The van der Waals surface area contributed by atoms with Crippen molar-refractivity contribution in [1.82, 2.24) is 25.4 Å². The number of aromatic nitrogens is 3. The number of rotatable bonds is 7. The van der Waals surface area contributed by atoms with Crippen LogP contribution < -0.4 is 15.5 Å². The molecule has 0 aliphatic carbocycles. The average molecular weight is 497 g/mol. The first-order valence-electron chi connectivity index (χ1n) is 10.0. The first kappa shape index (κ1) is 22.4. The van der Waals surface area contributed by atoms with Crippen molar-refractivity contribution in [3.8, 4) is 0 Å². The lowest BCUT2D eigenvalue weighted by atomic mass is 10.0. The first-order valence-corrected chi connectivity index (χ1v) is 10.0. The number of hydrogen-bond acceptors (Lipinski definition) is 4. The highest BCUT2D eigenvalue weighted by Gasteiger charge is 2.20. The van der Waals surface area contributed by atoms with Gasteiger partial charge in [-0.3, -0.25) is 4.99 Å². The zero-order valence-electron chi connectivity index (χ0n) is 16.8. The number of aliphatic imine (C=N–C) groups is 1. The van der Waals surface area contributed by atoms with Crippen LogP contribution in [0.1, 0.15) is 32.5 Å². The molecule has 1 aliphatic heterocycles. The molecular weight excluding hydrogens is 465 g/mol. The van der Waals surface area contributed by atoms with Crippen molar-refractivity contribution in [2.24, 2.45) is 4.99 Å². The molecule has 0 atom stereocenters. The third kappa shape index (κ3) is 6.35. The van der Waals surface area contributed by atoms with Crippen LogP contribution in [0.15, 0.2) is 41.7 Å². The van der Waals surface area contributed by atoms with Crippen molar-refractivity contribution < 1.29 is 0 Å². The van der Waals surface area contributed by atoms with E-state index in [0.29, 0.717) is 12.6 Å². The van der Waals surface area contributed by atoms with Crippen LogP contribution in [0.3, 0.4) is 0 Å². The number of piperidine rings is 1. The molecule has 2 N–H and O–H groups in total. The quantitative estimate of drug-likeness (QED) is 0.350. The van der Waals surface area contributed by atoms with Gasteiger partial charge in [0.1, 0.15) is 12.2 Å². The van der Waals surface area contributed by atoms with Crippen LogP contribution in [-0.2, 0) is 13.0 Å². The van der Waals surface area contributed by atoms with Gasteiger partial charge < -0.3 is 20.1 Å². The maximum atomic E-state index is 4.74. The topological polar surface area (TPSA) is 70.4 Å². The van der Waals surface area contributed by atoms with Gasteiger partial charge in [-0.1, -0.05) is 25.1 Å². The highest BCUT2D eigenvalue weighted by molar-refractivity contribution is 14.0. The summed E-state index contributed by atoms with van der Waals surface area (Å²) in [7, 11) is 0. The van der Waals surface area contributed by atoms with Gasteiger partial charge in [0.05, 0.1) is 6.54 Å². The summed E-state index contributed by atoms with van der Waals surface area (Å²) in [5.41, 5.74) is 1.32. The fraction of sp³-hybridized carbons (Fsp3) is 0.550. The van der Waals surface area contributed by atoms with Gasteiger partial charge in [-0.2, -0.15) is 0 Å². The van der Waals surface area contributed by atoms with Gasteiger partial charge in [-0.25, -0.2) is 0 Å². The fourth-order valence-corrected chi connectivity index (χ4v) is 3.44. The van der Waals surface area contributed by atoms with E-state index in [0.717, 1.165) is 57.2 Å². The average Bonchev–Trinajstić information content (AvgIpc) is 3.17. The number of aryl methyl sites for hydroxylation is 1. The van der Waals surface area contributed by atoms with Crippen LogP contribution in [0, 0.1) is 0 Å². The number of halogens is 1. The molecule has 8 heteroatoms. The van der Waals surface area contributed by atoms with Crippen LogP contribution in [0.4, 0.5) is 5.69 Å². The molecule has 154 valence electrons. The molecule has 1 fully saturated rings. The van der Waals surface area contributed by atoms with E-state index in [2.05, 4.69) is 74.5 Å². The molecule has 1 saturated heterocycles. The Morgan fingerprint density at radius 3 is 2.61 bits per heavy atom. The fourth-order valence-electron chi connectivity index (χ4n) is 3.44. The molecule has 0 saturated carbocycles. The molecule has 28 heavy (non-hydrogen) atoms. The molecule has 0 bridgehead atoms. The van der Waals surface area contributed by atoms with Crippen LogP contribution in [0.2, 0.25) is 0 Å². The van der Waals surface area contributed by atoms with Gasteiger partial charge in [0.25, 0.3) is 0 Å². The number of benzene rings is 1. The summed E-state index contributed by atoms with van der Waals surface area (Å²) in [6, 6.07) is 11.1. The van der Waals surface area contributed by atoms with E-state index >= 15 is 0 Å². The summed E-state index contributed by atoms with van der Waals surface area (Å²) in [6.07, 6.45) is 4.91. The minimum Gasteiger partial charge on any atom is -0.371 e. The maximum Gasteiger partial charge on any atom is 0.191 e. The highest BCUT2D eigenvalue weighted by atomic mass is 127. The maximum absolute atomic E-state index is 4.74. The second kappa shape index (κ2) is 11.9. The Labute approximate surface area is 185 Å². The summed E-state index contributed by atoms with van der Waals surface area (Å²) in [5.74, 6) is 1.92. The summed E-state index contributed by atoms with van der Waals surface area (Å²) in [4.78, 5) is 7.20. The van der Waals surface area contributed by atoms with Gasteiger partial charge in [0.15, 0.2) is 5.96 Å². The number of guanidine groups is 1. The van der Waals surface area contributed by atoms with Crippen LogP contribution in [0.5, 0.6) is 0 Å². The van der Waals surface area contributed by atoms with Crippen molar-refractivity contribution in [3.63, 3.8) is 0 Å². The molecule has 3 rings (SSSR count). The summed E-state index contributed by atoms with van der Waals surface area (Å²) in [5, 5.41) is 15.1. The Morgan fingerprint density at radius 2 is 1.93 bits per heavy atom. The Kier molecular flexibility index (Phi) is 9.52. The Hall–Kier alpha value is -1.84. The molecule has 2 heterocycles. The monoisotopic (exact) mass is 497 g/mol. The lowest BCUT2D eigenvalue weighted by Crippen LogP contribution is -2.48. The van der Waals surface area contributed by atoms with E-state index in [9.17, 15) is 0 Å². The molecule has 1 aromatic heterocycles. The van der Waals surface area contributed by atoms with Gasteiger partial charge in [0.2, 0.25) is 0 Å². The zero-order chi connectivity index (χ0) is 18.9. The smallest absolute Gasteiger partial charge is 0.191 e. The molecular formula is C20H32IN7. The van der Waals surface area contributed by atoms with Crippen molar-refractivity contribution in [2.45, 2.75) is 45.7 Å². The standard InChI is InChI=1S/C20H31N7.HI/c1-3-19-25-23-16-27(19)15-12-22-20(21-4-2)24-17-10-13-26(14-11-17)18-8-6-5-7-9-18;/h5-9,16-17H,3-4,10-15H2,1-2H3,(H2,21,22,24);1H. The second-order valence-electron chi connectivity index (χ2n) is 6.80. The Morgan fingerprint density at radius 1 is 1.18 bits per heavy atom. The van der Waals surface area contributed by atoms with Gasteiger partial charge in [0, 0.05) is 44.3 Å². The third-order valence-corrected chi connectivity index (χ3v) is 4.92. The highest BCUT2D eigenvalue weighted by Crippen LogP contribution is 2.19. The number of nitrogens with zero attached hydrogens (tertiary/aromatic N) is 5. The Balaban J connectivity index is 0.00000280. The van der Waals surface area contributed by atoms with Gasteiger partial charge in [-0.05, 0) is 31.9 Å². The van der Waals surface area contributed by atoms with E-state index in [1.165, 1.54) is 5.69 Å². The first-order chi connectivity index (χ1) is 13.3. The van der Waals surface area contributed by atoms with E-state index in [1.807, 2.05) is 0 Å². The molecule has 0 spiro atoms. The van der Waals surface area contributed by atoms with Crippen molar-refractivity contribution in [2.75, 3.05) is 31.1 Å². The molecule has 0 radical (unpaired) electrons.